The smallest absolute Gasteiger partial charge is 0.222 e. The number of carbonyl (C=O) groups is 1. The van der Waals surface area contributed by atoms with Gasteiger partial charge in [0.25, 0.3) is 0 Å². The number of carbonyl (C=O) groups excluding carboxylic acids is 1. The molecule has 2 atom stereocenters. The quantitative estimate of drug-likeness (QED) is 0.570. The average Bonchev–Trinajstić information content (AvgIpc) is 3.40. The Morgan fingerprint density at radius 1 is 1.29 bits per heavy atom. The molecule has 1 amide bonds. The zero-order chi connectivity index (χ0) is 19.8. The van der Waals surface area contributed by atoms with Crippen LogP contribution in [-0.2, 0) is 11.2 Å². The van der Waals surface area contributed by atoms with Gasteiger partial charge in [0.05, 0.1) is 12.3 Å². The van der Waals surface area contributed by atoms with Gasteiger partial charge in [0.2, 0.25) is 5.91 Å². The summed E-state index contributed by atoms with van der Waals surface area (Å²) in [6.07, 6.45) is 3.93. The van der Waals surface area contributed by atoms with Crippen LogP contribution in [0.15, 0.2) is 58.1 Å². The summed E-state index contributed by atoms with van der Waals surface area (Å²) in [4.78, 5) is 18.6. The summed E-state index contributed by atoms with van der Waals surface area (Å²) in [5, 5.41) is 7.02. The molecule has 1 aliphatic heterocycles. The Bertz CT molecular complexity index is 758. The van der Waals surface area contributed by atoms with Crippen LogP contribution in [0.25, 0.3) is 0 Å². The van der Waals surface area contributed by atoms with Gasteiger partial charge in [-0.05, 0) is 31.0 Å². The minimum atomic E-state index is 0.130. The summed E-state index contributed by atoms with van der Waals surface area (Å²) in [6, 6.07) is 14.5. The molecule has 1 saturated heterocycles. The van der Waals surface area contributed by atoms with E-state index in [0.29, 0.717) is 13.0 Å². The number of likely N-dealkylation sites (tertiary alicyclic amines) is 1. The van der Waals surface area contributed by atoms with Crippen LogP contribution < -0.4 is 10.6 Å². The van der Waals surface area contributed by atoms with Crippen molar-refractivity contribution in [3.8, 4) is 0 Å². The maximum Gasteiger partial charge on any atom is 0.222 e. The summed E-state index contributed by atoms with van der Waals surface area (Å²) in [5.74, 6) is 1.92. The number of rotatable bonds is 7. The molecule has 2 aromatic rings. The van der Waals surface area contributed by atoms with E-state index in [2.05, 4.69) is 29.7 Å². The molecule has 0 bridgehead atoms. The highest BCUT2D eigenvalue weighted by Crippen LogP contribution is 2.13. The molecule has 2 unspecified atom stereocenters. The minimum Gasteiger partial charge on any atom is -0.469 e. The number of furan rings is 1. The van der Waals surface area contributed by atoms with E-state index in [-0.39, 0.29) is 18.0 Å². The monoisotopic (exact) mass is 382 g/mol. The van der Waals surface area contributed by atoms with Gasteiger partial charge in [-0.25, -0.2) is 0 Å². The lowest BCUT2D eigenvalue weighted by Crippen LogP contribution is -2.46. The Kier molecular flexibility index (Phi) is 7.12. The first-order chi connectivity index (χ1) is 13.7. The van der Waals surface area contributed by atoms with E-state index in [1.807, 2.05) is 42.2 Å². The van der Waals surface area contributed by atoms with Crippen molar-refractivity contribution < 1.29 is 9.21 Å². The molecular formula is C22H30N4O2. The molecule has 0 aliphatic carbocycles. The van der Waals surface area contributed by atoms with Crippen molar-refractivity contribution in [2.75, 3.05) is 19.6 Å². The first-order valence-electron chi connectivity index (χ1n) is 10.1. The van der Waals surface area contributed by atoms with Crippen LogP contribution in [0.4, 0.5) is 0 Å². The molecule has 1 aromatic carbocycles. The maximum atomic E-state index is 12.0. The average molecular weight is 383 g/mol. The second kappa shape index (κ2) is 9.97. The number of nitrogens with zero attached hydrogens (tertiary/aromatic N) is 2. The maximum absolute atomic E-state index is 12.0. The van der Waals surface area contributed by atoms with Gasteiger partial charge in [-0.3, -0.25) is 9.79 Å². The Labute approximate surface area is 167 Å². The van der Waals surface area contributed by atoms with Crippen LogP contribution in [0, 0.1) is 0 Å². The highest BCUT2D eigenvalue weighted by atomic mass is 16.3. The van der Waals surface area contributed by atoms with E-state index in [1.54, 1.807) is 6.26 Å². The number of amides is 1. The predicted molar refractivity (Wildman–Crippen MR) is 111 cm³/mol. The van der Waals surface area contributed by atoms with Crippen LogP contribution in [0.1, 0.15) is 44.1 Å². The second-order valence-electron chi connectivity index (χ2n) is 7.16. The van der Waals surface area contributed by atoms with Crippen LogP contribution in [0.5, 0.6) is 0 Å². The van der Waals surface area contributed by atoms with Crippen molar-refractivity contribution in [2.24, 2.45) is 4.99 Å². The number of nitrogens with one attached hydrogen (secondary N) is 2. The molecule has 1 aromatic heterocycles. The second-order valence-corrected chi connectivity index (χ2v) is 7.16. The number of benzene rings is 1. The summed E-state index contributed by atoms with van der Waals surface area (Å²) in [7, 11) is 0. The van der Waals surface area contributed by atoms with Crippen molar-refractivity contribution in [2.45, 2.75) is 45.2 Å². The van der Waals surface area contributed by atoms with Crippen molar-refractivity contribution in [3.05, 3.63) is 60.1 Å². The summed E-state index contributed by atoms with van der Waals surface area (Å²) in [5.41, 5.74) is 1.21. The number of hydrogen-bond donors (Lipinski definition) is 2. The standard InChI is InChI=1S/C22H30N4O2/c1-3-21(27)26-14-12-19(16-26)25-22(23-13-11-20-10-7-15-28-20)24-17(2)18-8-5-4-6-9-18/h4-10,15,17,19H,3,11-14,16H2,1-2H3,(H2,23,24,25). The molecule has 3 rings (SSSR count). The molecule has 0 radical (unpaired) electrons. The SMILES string of the molecule is CCC(=O)N1CCC(NC(=NCCc2ccco2)NC(C)c2ccccc2)C1. The predicted octanol–water partition coefficient (Wildman–Crippen LogP) is 3.13. The van der Waals surface area contributed by atoms with E-state index in [1.165, 1.54) is 5.56 Å². The molecule has 150 valence electrons. The van der Waals surface area contributed by atoms with E-state index in [9.17, 15) is 4.79 Å². The third-order valence-electron chi connectivity index (χ3n) is 5.05. The zero-order valence-electron chi connectivity index (χ0n) is 16.7. The van der Waals surface area contributed by atoms with Gasteiger partial charge < -0.3 is 20.0 Å². The Balaban J connectivity index is 1.62. The fraction of sp³-hybridized carbons (Fsp3) is 0.455. The summed E-state index contributed by atoms with van der Waals surface area (Å²) < 4.78 is 5.40. The number of guanidine groups is 1. The van der Waals surface area contributed by atoms with E-state index in [0.717, 1.165) is 37.7 Å². The van der Waals surface area contributed by atoms with Gasteiger partial charge in [-0.2, -0.15) is 0 Å². The fourth-order valence-corrected chi connectivity index (χ4v) is 3.42. The molecule has 1 fully saturated rings. The summed E-state index contributed by atoms with van der Waals surface area (Å²) >= 11 is 0. The van der Waals surface area contributed by atoms with Gasteiger partial charge in [0.15, 0.2) is 5.96 Å². The lowest BCUT2D eigenvalue weighted by Gasteiger charge is -2.22. The van der Waals surface area contributed by atoms with Gasteiger partial charge in [0, 0.05) is 38.5 Å². The van der Waals surface area contributed by atoms with Crippen LogP contribution in [-0.4, -0.2) is 42.4 Å². The van der Waals surface area contributed by atoms with Gasteiger partial charge in [0.1, 0.15) is 5.76 Å². The lowest BCUT2D eigenvalue weighted by atomic mass is 10.1. The van der Waals surface area contributed by atoms with Gasteiger partial charge in [-0.15, -0.1) is 0 Å². The molecule has 2 heterocycles. The molecule has 6 heteroatoms. The van der Waals surface area contributed by atoms with E-state index in [4.69, 9.17) is 9.41 Å². The van der Waals surface area contributed by atoms with E-state index >= 15 is 0 Å². The third-order valence-corrected chi connectivity index (χ3v) is 5.05. The van der Waals surface area contributed by atoms with Crippen molar-refractivity contribution in [1.29, 1.82) is 0 Å². The van der Waals surface area contributed by atoms with Crippen molar-refractivity contribution in [3.63, 3.8) is 0 Å². The highest BCUT2D eigenvalue weighted by molar-refractivity contribution is 5.81. The number of aliphatic imine (C=N–C) groups is 1. The largest absolute Gasteiger partial charge is 0.469 e. The van der Waals surface area contributed by atoms with Gasteiger partial charge in [-0.1, -0.05) is 37.3 Å². The first-order valence-corrected chi connectivity index (χ1v) is 10.1. The molecule has 0 spiro atoms. The minimum absolute atomic E-state index is 0.130. The lowest BCUT2D eigenvalue weighted by molar-refractivity contribution is -0.129. The topological polar surface area (TPSA) is 69.9 Å². The van der Waals surface area contributed by atoms with E-state index < -0.39 is 0 Å². The molecule has 0 saturated carbocycles. The van der Waals surface area contributed by atoms with Crippen LogP contribution >= 0.6 is 0 Å². The van der Waals surface area contributed by atoms with Crippen LogP contribution in [0.2, 0.25) is 0 Å². The third kappa shape index (κ3) is 5.62. The summed E-state index contributed by atoms with van der Waals surface area (Å²) in [6.45, 7) is 6.20. The number of hydrogen-bond acceptors (Lipinski definition) is 3. The highest BCUT2D eigenvalue weighted by Gasteiger charge is 2.26. The van der Waals surface area contributed by atoms with Crippen molar-refractivity contribution >= 4 is 11.9 Å². The molecule has 6 nitrogen and oxygen atoms in total. The van der Waals surface area contributed by atoms with Crippen LogP contribution in [0.3, 0.4) is 0 Å². The molecule has 2 N–H and O–H groups in total. The van der Waals surface area contributed by atoms with Gasteiger partial charge >= 0.3 is 0 Å². The molecule has 1 aliphatic rings. The Morgan fingerprint density at radius 3 is 2.82 bits per heavy atom. The fourth-order valence-electron chi connectivity index (χ4n) is 3.42. The zero-order valence-corrected chi connectivity index (χ0v) is 16.7. The molecule has 28 heavy (non-hydrogen) atoms. The Hall–Kier alpha value is -2.76. The molecular weight excluding hydrogens is 352 g/mol. The first kappa shape index (κ1) is 20.0. The normalized spacial score (nSPS) is 18.1. The Morgan fingerprint density at radius 2 is 2.11 bits per heavy atom. The van der Waals surface area contributed by atoms with Crippen molar-refractivity contribution in [1.82, 2.24) is 15.5 Å².